The van der Waals surface area contributed by atoms with E-state index in [1.165, 1.54) is 10.8 Å². The van der Waals surface area contributed by atoms with E-state index >= 15 is 0 Å². The van der Waals surface area contributed by atoms with E-state index in [0.717, 1.165) is 55.6 Å². The van der Waals surface area contributed by atoms with E-state index in [4.69, 9.17) is 14.1 Å². The molecule has 3 heterocycles. The summed E-state index contributed by atoms with van der Waals surface area (Å²) in [6.07, 6.45) is 0. The molecular weight excluding hydrogens is 374 g/mol. The van der Waals surface area contributed by atoms with Gasteiger partial charge in [0, 0.05) is 16.5 Å². The van der Waals surface area contributed by atoms with Crippen LogP contribution in [0, 0.1) is 6.92 Å². The summed E-state index contributed by atoms with van der Waals surface area (Å²) in [5.74, 6) is 1.78. The summed E-state index contributed by atoms with van der Waals surface area (Å²) in [5.41, 5.74) is 5.02. The Kier molecular flexibility index (Phi) is 3.18. The fourth-order valence-corrected chi connectivity index (χ4v) is 5.73. The number of fused-ring (bicyclic) bond motifs is 5. The van der Waals surface area contributed by atoms with E-state index in [0.29, 0.717) is 0 Å². The Balaban J connectivity index is 1.84. The molecule has 5 aromatic rings. The van der Waals surface area contributed by atoms with Gasteiger partial charge >= 0.3 is 0 Å². The summed E-state index contributed by atoms with van der Waals surface area (Å²) in [6, 6.07) is 18.9. The summed E-state index contributed by atoms with van der Waals surface area (Å²) in [6.45, 7) is 9.02. The Morgan fingerprint density at radius 2 is 1.59 bits per heavy atom. The van der Waals surface area contributed by atoms with Crippen molar-refractivity contribution in [1.29, 1.82) is 0 Å². The molecule has 1 aliphatic rings. The molecule has 0 saturated carbocycles. The van der Waals surface area contributed by atoms with Crippen LogP contribution < -0.4 is 10.1 Å². The molecule has 6 rings (SSSR count). The number of hydrogen-bond acceptors (Lipinski definition) is 3. The maximum atomic E-state index is 6.64. The molecule has 2 aromatic heterocycles. The highest BCUT2D eigenvalue weighted by atomic mass is 28.3. The highest BCUT2D eigenvalue weighted by Gasteiger charge is 2.35. The third-order valence-electron chi connectivity index (χ3n) is 5.87. The molecule has 0 N–H and O–H groups in total. The van der Waals surface area contributed by atoms with E-state index in [1.807, 2.05) is 12.1 Å². The van der Waals surface area contributed by atoms with Gasteiger partial charge in [-0.2, -0.15) is 0 Å². The van der Waals surface area contributed by atoms with Crippen molar-refractivity contribution in [3.05, 3.63) is 60.2 Å². The first-order valence-corrected chi connectivity index (χ1v) is 13.5. The van der Waals surface area contributed by atoms with Crippen molar-refractivity contribution < 1.29 is 9.15 Å². The third-order valence-corrected chi connectivity index (χ3v) is 7.56. The lowest BCUT2D eigenvalue weighted by atomic mass is 9.95. The molecule has 3 aromatic carbocycles. The minimum atomic E-state index is -1.77. The van der Waals surface area contributed by atoms with E-state index < -0.39 is 8.07 Å². The highest BCUT2D eigenvalue weighted by molar-refractivity contribution is 6.88. The molecule has 0 spiro atoms. The van der Waals surface area contributed by atoms with Crippen molar-refractivity contribution in [3.8, 4) is 22.8 Å². The zero-order valence-corrected chi connectivity index (χ0v) is 18.0. The first kappa shape index (κ1) is 16.8. The van der Waals surface area contributed by atoms with E-state index in [2.05, 4.69) is 69.0 Å². The van der Waals surface area contributed by atoms with Gasteiger partial charge in [0.2, 0.25) is 0 Å². The highest BCUT2D eigenvalue weighted by Crippen LogP contribution is 2.50. The topological polar surface area (TPSA) is 35.3 Å². The number of aromatic nitrogens is 1. The van der Waals surface area contributed by atoms with Crippen molar-refractivity contribution in [2.75, 3.05) is 0 Å². The van der Waals surface area contributed by atoms with Crippen LogP contribution in [0.15, 0.2) is 59.0 Å². The average Bonchev–Trinajstić information content (AvgIpc) is 3.10. The third kappa shape index (κ3) is 2.21. The van der Waals surface area contributed by atoms with Gasteiger partial charge < -0.3 is 9.15 Å². The smallest absolute Gasteiger partial charge is 0.173 e. The van der Waals surface area contributed by atoms with Crippen LogP contribution in [0.3, 0.4) is 0 Å². The van der Waals surface area contributed by atoms with Crippen LogP contribution in [0.2, 0.25) is 19.6 Å². The van der Waals surface area contributed by atoms with Gasteiger partial charge in [0.1, 0.15) is 24.8 Å². The zero-order chi connectivity index (χ0) is 19.9. The van der Waals surface area contributed by atoms with Crippen LogP contribution in [0.25, 0.3) is 43.9 Å². The number of pyridine rings is 1. The molecule has 1 aliphatic heterocycles. The van der Waals surface area contributed by atoms with Gasteiger partial charge in [-0.3, -0.25) is 0 Å². The first-order valence-electron chi connectivity index (χ1n) is 10.00. The van der Waals surface area contributed by atoms with Crippen LogP contribution in [0.5, 0.6) is 11.5 Å². The van der Waals surface area contributed by atoms with Crippen LogP contribution in [-0.4, -0.2) is 13.1 Å². The fourth-order valence-electron chi connectivity index (χ4n) is 4.47. The maximum absolute atomic E-state index is 6.64. The predicted molar refractivity (Wildman–Crippen MR) is 122 cm³/mol. The molecular formula is C25H21NO2Si. The molecule has 0 atom stereocenters. The quantitative estimate of drug-likeness (QED) is 0.288. The molecule has 29 heavy (non-hydrogen) atoms. The number of para-hydroxylation sites is 1. The number of furan rings is 1. The Morgan fingerprint density at radius 1 is 0.862 bits per heavy atom. The van der Waals surface area contributed by atoms with Crippen LogP contribution in [0.1, 0.15) is 5.56 Å². The van der Waals surface area contributed by atoms with Crippen molar-refractivity contribution in [1.82, 2.24) is 4.98 Å². The molecule has 0 unspecified atom stereocenters. The number of nitrogens with zero attached hydrogens (tertiary/aromatic N) is 1. The van der Waals surface area contributed by atoms with Gasteiger partial charge in [-0.1, -0.05) is 56.0 Å². The number of aryl methyl sites for hydroxylation is 1. The Morgan fingerprint density at radius 3 is 2.38 bits per heavy atom. The van der Waals surface area contributed by atoms with Gasteiger partial charge in [0.15, 0.2) is 5.75 Å². The summed E-state index contributed by atoms with van der Waals surface area (Å²) < 4.78 is 13.2. The summed E-state index contributed by atoms with van der Waals surface area (Å²) in [5, 5.41) is 5.48. The van der Waals surface area contributed by atoms with Gasteiger partial charge in [0.25, 0.3) is 0 Å². The Hall–Kier alpha value is -3.11. The summed E-state index contributed by atoms with van der Waals surface area (Å²) >= 11 is 0. The second-order valence-corrected chi connectivity index (χ2v) is 13.8. The van der Waals surface area contributed by atoms with E-state index in [-0.39, 0.29) is 0 Å². The second-order valence-electron chi connectivity index (χ2n) is 8.89. The van der Waals surface area contributed by atoms with Gasteiger partial charge in [0.05, 0.1) is 16.6 Å². The number of ether oxygens (including phenoxy) is 1. The van der Waals surface area contributed by atoms with E-state index in [1.54, 1.807) is 0 Å². The molecule has 0 fully saturated rings. The lowest BCUT2D eigenvalue weighted by Crippen LogP contribution is -2.37. The molecule has 0 aliphatic carbocycles. The molecule has 142 valence electrons. The van der Waals surface area contributed by atoms with Crippen LogP contribution >= 0.6 is 0 Å². The molecule has 0 bridgehead atoms. The summed E-state index contributed by atoms with van der Waals surface area (Å²) in [4.78, 5) is 5.09. The second kappa shape index (κ2) is 5.48. The van der Waals surface area contributed by atoms with Crippen molar-refractivity contribution >= 4 is 46.1 Å². The van der Waals surface area contributed by atoms with Crippen molar-refractivity contribution in [3.63, 3.8) is 0 Å². The number of benzene rings is 3. The first-order chi connectivity index (χ1) is 13.9. The summed E-state index contributed by atoms with van der Waals surface area (Å²) in [7, 11) is -1.77. The lowest BCUT2D eigenvalue weighted by Gasteiger charge is -2.23. The Bertz CT molecular complexity index is 1470. The molecule has 0 amide bonds. The van der Waals surface area contributed by atoms with Crippen LogP contribution in [-0.2, 0) is 0 Å². The monoisotopic (exact) mass is 395 g/mol. The number of rotatable bonds is 1. The minimum absolute atomic E-state index is 0.873. The molecule has 4 heteroatoms. The van der Waals surface area contributed by atoms with Gasteiger partial charge in [-0.05, 0) is 35.9 Å². The van der Waals surface area contributed by atoms with Crippen molar-refractivity contribution in [2.24, 2.45) is 0 Å². The minimum Gasteiger partial charge on any atom is -0.461 e. The predicted octanol–water partition coefficient (Wildman–Crippen LogP) is 6.76. The SMILES string of the molecule is Cc1c2c(cc3ccccc13)-c1nc3ccccc3c3oc([Si](C)(C)C)c(c13)O2. The largest absolute Gasteiger partial charge is 0.461 e. The lowest BCUT2D eigenvalue weighted by molar-refractivity contribution is 0.478. The molecule has 0 saturated heterocycles. The van der Waals surface area contributed by atoms with E-state index in [9.17, 15) is 0 Å². The maximum Gasteiger partial charge on any atom is 0.173 e. The Labute approximate surface area is 169 Å². The number of hydrogen-bond donors (Lipinski definition) is 0. The van der Waals surface area contributed by atoms with Crippen LogP contribution in [0.4, 0.5) is 0 Å². The van der Waals surface area contributed by atoms with Crippen molar-refractivity contribution in [2.45, 2.75) is 26.6 Å². The molecule has 0 radical (unpaired) electrons. The average molecular weight is 396 g/mol. The molecule has 3 nitrogen and oxygen atoms in total. The van der Waals surface area contributed by atoms with Gasteiger partial charge in [-0.25, -0.2) is 4.98 Å². The normalized spacial score (nSPS) is 13.1. The zero-order valence-electron chi connectivity index (χ0n) is 17.0. The standard InChI is InChI=1S/C25H21NO2Si/c1-14-16-10-6-5-9-15(16)13-18-21-20-23(17-11-7-8-12-19(17)26-21)28-25(29(2,3)4)24(20)27-22(14)18/h5-13H,1-4H3. The fraction of sp³-hybridized carbons (Fsp3) is 0.160. The van der Waals surface area contributed by atoms with Gasteiger partial charge in [-0.15, -0.1) is 0 Å².